The van der Waals surface area contributed by atoms with Crippen LogP contribution in [0.2, 0.25) is 10.0 Å². The Hall–Kier alpha value is -2.80. The summed E-state index contributed by atoms with van der Waals surface area (Å²) in [5, 5.41) is 3.79. The normalized spacial score (nSPS) is 13.9. The van der Waals surface area contributed by atoms with Crippen LogP contribution in [0.4, 0.5) is 15.8 Å². The van der Waals surface area contributed by atoms with Crippen LogP contribution in [0.15, 0.2) is 82.2 Å². The number of anilines is 2. The molecule has 0 spiro atoms. The third kappa shape index (κ3) is 4.32. The molecule has 156 valence electrons. The van der Waals surface area contributed by atoms with Crippen molar-refractivity contribution in [2.45, 2.75) is 11.8 Å². The number of nitrogens with one attached hydrogen (secondary N) is 1. The first-order valence-electron chi connectivity index (χ1n) is 9.19. The van der Waals surface area contributed by atoms with Crippen molar-refractivity contribution < 1.29 is 14.0 Å². The predicted octanol–water partition coefficient (Wildman–Crippen LogP) is 6.43. The van der Waals surface area contributed by atoms with Crippen molar-refractivity contribution >= 4 is 58.2 Å². The molecule has 8 heteroatoms. The van der Waals surface area contributed by atoms with E-state index in [9.17, 15) is 14.0 Å². The van der Waals surface area contributed by atoms with Gasteiger partial charge in [0.15, 0.2) is 0 Å². The number of hydrogen-bond acceptors (Lipinski definition) is 4. The third-order valence-electron chi connectivity index (χ3n) is 4.62. The molecule has 0 fully saturated rings. The summed E-state index contributed by atoms with van der Waals surface area (Å²) in [6.07, 6.45) is 0. The Balaban J connectivity index is 1.77. The maximum Gasteiger partial charge on any atom is 0.283 e. The largest absolute Gasteiger partial charge is 0.348 e. The molecule has 1 aliphatic heterocycles. The lowest BCUT2D eigenvalue weighted by Gasteiger charge is -2.16. The van der Waals surface area contributed by atoms with Crippen molar-refractivity contribution in [3.8, 4) is 0 Å². The number of imide groups is 1. The molecule has 31 heavy (non-hydrogen) atoms. The summed E-state index contributed by atoms with van der Waals surface area (Å²) >= 11 is 13.3. The molecule has 0 aliphatic carbocycles. The van der Waals surface area contributed by atoms with E-state index in [1.165, 1.54) is 12.1 Å². The van der Waals surface area contributed by atoms with E-state index in [1.54, 1.807) is 54.6 Å². The Kier molecular flexibility index (Phi) is 6.05. The van der Waals surface area contributed by atoms with Crippen LogP contribution in [-0.4, -0.2) is 11.8 Å². The van der Waals surface area contributed by atoms with Gasteiger partial charge in [0.05, 0.1) is 11.4 Å². The smallest absolute Gasteiger partial charge is 0.283 e. The van der Waals surface area contributed by atoms with Gasteiger partial charge in [-0.1, -0.05) is 53.2 Å². The van der Waals surface area contributed by atoms with Crippen LogP contribution in [0.3, 0.4) is 0 Å². The van der Waals surface area contributed by atoms with Crippen molar-refractivity contribution in [3.63, 3.8) is 0 Å². The first kappa shape index (κ1) is 21.4. The number of benzene rings is 3. The molecule has 0 saturated heterocycles. The van der Waals surface area contributed by atoms with E-state index in [-0.39, 0.29) is 16.3 Å². The topological polar surface area (TPSA) is 49.4 Å². The number of nitrogens with zero attached hydrogens (tertiary/aromatic N) is 1. The van der Waals surface area contributed by atoms with E-state index in [2.05, 4.69) is 5.32 Å². The maximum atomic E-state index is 14.2. The number of thioether (sulfide) groups is 1. The maximum absolute atomic E-state index is 14.2. The fourth-order valence-corrected chi connectivity index (χ4v) is 4.22. The van der Waals surface area contributed by atoms with Crippen molar-refractivity contribution in [2.75, 3.05) is 10.2 Å². The Morgan fingerprint density at radius 3 is 2.32 bits per heavy atom. The zero-order valence-electron chi connectivity index (χ0n) is 16.2. The summed E-state index contributed by atoms with van der Waals surface area (Å²) in [6.45, 7) is 1.82. The van der Waals surface area contributed by atoms with Gasteiger partial charge in [-0.15, -0.1) is 0 Å². The summed E-state index contributed by atoms with van der Waals surface area (Å²) in [5.74, 6) is -1.66. The molecular formula is C23H15Cl2FN2O2S. The number of halogens is 3. The van der Waals surface area contributed by atoms with Crippen molar-refractivity contribution in [2.24, 2.45) is 0 Å². The highest BCUT2D eigenvalue weighted by Gasteiger charge is 2.40. The van der Waals surface area contributed by atoms with Gasteiger partial charge in [-0.3, -0.25) is 9.59 Å². The molecule has 0 saturated carbocycles. The van der Waals surface area contributed by atoms with E-state index < -0.39 is 17.6 Å². The predicted molar refractivity (Wildman–Crippen MR) is 123 cm³/mol. The lowest BCUT2D eigenvalue weighted by atomic mass is 10.2. The summed E-state index contributed by atoms with van der Waals surface area (Å²) < 4.78 is 14.2. The summed E-state index contributed by atoms with van der Waals surface area (Å²) in [6, 6.07) is 17.7. The van der Waals surface area contributed by atoms with E-state index >= 15 is 0 Å². The van der Waals surface area contributed by atoms with Gasteiger partial charge in [0.2, 0.25) is 0 Å². The molecule has 4 rings (SSSR count). The lowest BCUT2D eigenvalue weighted by Crippen LogP contribution is -2.32. The van der Waals surface area contributed by atoms with Gasteiger partial charge in [-0.2, -0.15) is 0 Å². The Bertz CT molecular complexity index is 1230. The minimum atomic E-state index is -0.593. The highest BCUT2D eigenvalue weighted by atomic mass is 35.5. The molecule has 4 nitrogen and oxygen atoms in total. The fraction of sp³-hybridized carbons (Fsp3) is 0.0435. The molecule has 0 aromatic heterocycles. The molecule has 2 amide bonds. The third-order valence-corrected chi connectivity index (χ3v) is 6.37. The number of para-hydroxylation sites is 1. The monoisotopic (exact) mass is 472 g/mol. The van der Waals surface area contributed by atoms with Gasteiger partial charge in [0, 0.05) is 14.9 Å². The highest BCUT2D eigenvalue weighted by molar-refractivity contribution is 8.04. The molecule has 0 unspecified atom stereocenters. The molecule has 3 aromatic carbocycles. The second kappa shape index (κ2) is 8.75. The second-order valence-electron chi connectivity index (χ2n) is 6.74. The minimum Gasteiger partial charge on any atom is -0.348 e. The number of hydrogen-bond donors (Lipinski definition) is 1. The lowest BCUT2D eigenvalue weighted by molar-refractivity contribution is -0.120. The summed E-state index contributed by atoms with van der Waals surface area (Å²) in [7, 11) is 0. The van der Waals surface area contributed by atoms with Crippen LogP contribution >= 0.6 is 35.0 Å². The van der Waals surface area contributed by atoms with E-state index in [0.29, 0.717) is 20.6 Å². The zero-order valence-corrected chi connectivity index (χ0v) is 18.5. The first-order chi connectivity index (χ1) is 14.8. The summed E-state index contributed by atoms with van der Waals surface area (Å²) in [4.78, 5) is 28.4. The number of carbonyl (C=O) groups excluding carboxylic acids is 2. The molecule has 0 radical (unpaired) electrons. The Labute approximate surface area is 192 Å². The molecule has 0 atom stereocenters. The first-order valence-corrected chi connectivity index (χ1v) is 10.8. The molecule has 1 N–H and O–H groups in total. The molecule has 0 bridgehead atoms. The quantitative estimate of drug-likeness (QED) is 0.434. The van der Waals surface area contributed by atoms with Crippen molar-refractivity contribution in [1.29, 1.82) is 0 Å². The SMILES string of the molecule is Cc1ccc(N2C(=O)C(Nc3ccccc3F)=C(Sc3ccc(Cl)cc3)C2=O)cc1Cl. The van der Waals surface area contributed by atoms with Crippen LogP contribution in [-0.2, 0) is 9.59 Å². The van der Waals surface area contributed by atoms with E-state index in [1.807, 2.05) is 6.92 Å². The van der Waals surface area contributed by atoms with E-state index in [4.69, 9.17) is 23.2 Å². The van der Waals surface area contributed by atoms with Gasteiger partial charge in [0.25, 0.3) is 11.8 Å². The Morgan fingerprint density at radius 2 is 1.65 bits per heavy atom. The Morgan fingerprint density at radius 1 is 0.935 bits per heavy atom. The molecular weight excluding hydrogens is 458 g/mol. The average Bonchev–Trinajstić information content (AvgIpc) is 2.97. The van der Waals surface area contributed by atoms with Crippen LogP contribution in [0.5, 0.6) is 0 Å². The highest BCUT2D eigenvalue weighted by Crippen LogP contribution is 2.39. The molecule has 3 aromatic rings. The van der Waals surface area contributed by atoms with Gasteiger partial charge < -0.3 is 5.32 Å². The average molecular weight is 473 g/mol. The number of rotatable bonds is 5. The van der Waals surface area contributed by atoms with Crippen LogP contribution in [0.1, 0.15) is 5.56 Å². The minimum absolute atomic E-state index is 0.00764. The molecule has 1 heterocycles. The van der Waals surface area contributed by atoms with E-state index in [0.717, 1.165) is 22.2 Å². The van der Waals surface area contributed by atoms with Crippen molar-refractivity contribution in [3.05, 3.63) is 98.8 Å². The van der Waals surface area contributed by atoms with Crippen LogP contribution in [0.25, 0.3) is 0 Å². The van der Waals surface area contributed by atoms with Gasteiger partial charge in [0.1, 0.15) is 16.4 Å². The second-order valence-corrected chi connectivity index (χ2v) is 8.67. The van der Waals surface area contributed by atoms with Gasteiger partial charge >= 0.3 is 0 Å². The number of carbonyl (C=O) groups is 2. The van der Waals surface area contributed by atoms with Gasteiger partial charge in [-0.05, 0) is 61.0 Å². The number of amides is 2. The van der Waals surface area contributed by atoms with Crippen LogP contribution in [0, 0.1) is 12.7 Å². The fourth-order valence-electron chi connectivity index (χ4n) is 2.99. The standard InChI is InChI=1S/C23H15Cl2FN2O2S/c1-13-6-9-15(12-17(13)25)28-22(29)20(27-19-5-3-2-4-18(19)26)21(23(28)30)31-16-10-7-14(24)8-11-16/h2-12,27H,1H3. The number of aryl methyl sites for hydroxylation is 1. The zero-order chi connectivity index (χ0) is 22.1. The van der Waals surface area contributed by atoms with Crippen LogP contribution < -0.4 is 10.2 Å². The van der Waals surface area contributed by atoms with Crippen molar-refractivity contribution in [1.82, 2.24) is 0 Å². The molecule has 1 aliphatic rings. The summed E-state index contributed by atoms with van der Waals surface area (Å²) in [5.41, 5.74) is 1.24. The van der Waals surface area contributed by atoms with Gasteiger partial charge in [-0.25, -0.2) is 9.29 Å².